The van der Waals surface area contributed by atoms with E-state index in [1.807, 2.05) is 6.92 Å². The molecule has 132 valence electrons. The highest BCUT2D eigenvalue weighted by Crippen LogP contribution is 2.17. The first-order valence-electron chi connectivity index (χ1n) is 8.03. The first kappa shape index (κ1) is 19.3. The van der Waals surface area contributed by atoms with Gasteiger partial charge in [-0.2, -0.15) is 0 Å². The summed E-state index contributed by atoms with van der Waals surface area (Å²) < 4.78 is 0. The molecule has 0 heterocycles. The van der Waals surface area contributed by atoms with Crippen molar-refractivity contribution in [2.75, 3.05) is 10.6 Å². The van der Waals surface area contributed by atoms with Gasteiger partial charge in [-0.3, -0.25) is 9.59 Å². The predicted molar refractivity (Wildman–Crippen MR) is 103 cm³/mol. The first-order valence-corrected chi connectivity index (χ1v) is 8.79. The third-order valence-electron chi connectivity index (χ3n) is 3.65. The average Bonchev–Trinajstić information content (AvgIpc) is 2.57. The first-order chi connectivity index (χ1) is 11.9. The number of hydrogen-bond donors (Lipinski definition) is 2. The molecule has 0 aliphatic rings. The van der Waals surface area contributed by atoms with Crippen LogP contribution in [0.3, 0.4) is 0 Å². The Kier molecular flexibility index (Phi) is 7.29. The quantitative estimate of drug-likeness (QED) is 0.679. The standard InChI is InChI=1S/C19H20Cl2N2O2/c1-13(12-19(25)23-17-9-5-15(21)6-10-17)2-11-18(24)22-16-7-3-14(20)4-8-16/h3-10,13H,2,11-12H2,1H3,(H,22,24)(H,23,25)/t13-/m0/s1. The fourth-order valence-electron chi connectivity index (χ4n) is 2.30. The molecule has 0 spiro atoms. The van der Waals surface area contributed by atoms with E-state index in [4.69, 9.17) is 23.2 Å². The molecule has 0 aliphatic carbocycles. The van der Waals surface area contributed by atoms with Crippen molar-refractivity contribution in [2.24, 2.45) is 5.92 Å². The summed E-state index contributed by atoms with van der Waals surface area (Å²) in [6.07, 6.45) is 1.35. The molecule has 2 N–H and O–H groups in total. The van der Waals surface area contributed by atoms with Crippen molar-refractivity contribution >= 4 is 46.4 Å². The highest BCUT2D eigenvalue weighted by atomic mass is 35.5. The summed E-state index contributed by atoms with van der Waals surface area (Å²) >= 11 is 11.6. The molecule has 0 saturated carbocycles. The van der Waals surface area contributed by atoms with Crippen molar-refractivity contribution in [3.63, 3.8) is 0 Å². The molecule has 2 aromatic carbocycles. The minimum atomic E-state index is -0.0766. The molecule has 6 heteroatoms. The number of carbonyl (C=O) groups excluding carboxylic acids is 2. The number of hydrogen-bond acceptors (Lipinski definition) is 2. The molecule has 0 unspecified atom stereocenters. The molecule has 0 bridgehead atoms. The van der Waals surface area contributed by atoms with Gasteiger partial charge in [-0.1, -0.05) is 30.1 Å². The zero-order valence-corrected chi connectivity index (χ0v) is 15.4. The number of rotatable bonds is 7. The Labute approximate surface area is 157 Å². The van der Waals surface area contributed by atoms with Gasteiger partial charge in [0.25, 0.3) is 0 Å². The molecule has 0 fully saturated rings. The third-order valence-corrected chi connectivity index (χ3v) is 4.16. The molecule has 0 radical (unpaired) electrons. The molecule has 2 rings (SSSR count). The van der Waals surface area contributed by atoms with Gasteiger partial charge in [-0.05, 0) is 60.9 Å². The van der Waals surface area contributed by atoms with Gasteiger partial charge >= 0.3 is 0 Å². The second kappa shape index (κ2) is 9.44. The summed E-state index contributed by atoms with van der Waals surface area (Å²) in [7, 11) is 0. The number of carbonyl (C=O) groups is 2. The topological polar surface area (TPSA) is 58.2 Å². The van der Waals surface area contributed by atoms with Crippen LogP contribution < -0.4 is 10.6 Å². The molecule has 4 nitrogen and oxygen atoms in total. The fourth-order valence-corrected chi connectivity index (χ4v) is 2.55. The van der Waals surface area contributed by atoms with E-state index < -0.39 is 0 Å². The molecule has 0 aromatic heterocycles. The summed E-state index contributed by atoms with van der Waals surface area (Å²) in [5, 5.41) is 6.88. The molecular formula is C19H20Cl2N2O2. The molecule has 1 atom stereocenters. The Hall–Kier alpha value is -2.04. The van der Waals surface area contributed by atoms with Gasteiger partial charge in [-0.15, -0.1) is 0 Å². The van der Waals surface area contributed by atoms with Crippen LogP contribution in [0.4, 0.5) is 11.4 Å². The van der Waals surface area contributed by atoms with Crippen LogP contribution in [0.5, 0.6) is 0 Å². The molecule has 2 amide bonds. The van der Waals surface area contributed by atoms with Crippen molar-refractivity contribution in [1.82, 2.24) is 0 Å². The molecular weight excluding hydrogens is 359 g/mol. The van der Waals surface area contributed by atoms with Gasteiger partial charge in [-0.25, -0.2) is 0 Å². The molecule has 2 aromatic rings. The summed E-state index contributed by atoms with van der Waals surface area (Å²) in [5.74, 6) is -0.0523. The largest absolute Gasteiger partial charge is 0.326 e. The van der Waals surface area contributed by atoms with Crippen LogP contribution in [0.25, 0.3) is 0 Å². The zero-order chi connectivity index (χ0) is 18.2. The van der Waals surface area contributed by atoms with Crippen molar-refractivity contribution in [3.8, 4) is 0 Å². The highest BCUT2D eigenvalue weighted by Gasteiger charge is 2.12. The van der Waals surface area contributed by atoms with Crippen LogP contribution >= 0.6 is 23.2 Å². The Morgan fingerprint density at radius 2 is 1.28 bits per heavy atom. The van der Waals surface area contributed by atoms with Crippen LogP contribution in [-0.2, 0) is 9.59 Å². The van der Waals surface area contributed by atoms with Crippen molar-refractivity contribution in [1.29, 1.82) is 0 Å². The van der Waals surface area contributed by atoms with Crippen molar-refractivity contribution < 1.29 is 9.59 Å². The summed E-state index contributed by atoms with van der Waals surface area (Å²) in [5.41, 5.74) is 1.42. The van der Waals surface area contributed by atoms with Crippen LogP contribution in [-0.4, -0.2) is 11.8 Å². The maximum absolute atomic E-state index is 12.0. The van der Waals surface area contributed by atoms with E-state index >= 15 is 0 Å². The number of anilines is 2. The second-order valence-electron chi connectivity index (χ2n) is 5.96. The normalized spacial score (nSPS) is 11.6. The Morgan fingerprint density at radius 1 is 0.840 bits per heavy atom. The predicted octanol–water partition coefficient (Wildman–Crippen LogP) is 5.38. The Morgan fingerprint density at radius 3 is 1.76 bits per heavy atom. The average molecular weight is 379 g/mol. The summed E-state index contributed by atoms with van der Waals surface area (Å²) in [6, 6.07) is 13.9. The van der Waals surface area contributed by atoms with Crippen LogP contribution in [0.15, 0.2) is 48.5 Å². The van der Waals surface area contributed by atoms with Gasteiger partial charge in [0.1, 0.15) is 0 Å². The zero-order valence-electron chi connectivity index (χ0n) is 13.9. The highest BCUT2D eigenvalue weighted by molar-refractivity contribution is 6.30. The van der Waals surface area contributed by atoms with Crippen molar-refractivity contribution in [2.45, 2.75) is 26.2 Å². The summed E-state index contributed by atoms with van der Waals surface area (Å²) in [4.78, 5) is 24.0. The Balaban J connectivity index is 1.71. The maximum Gasteiger partial charge on any atom is 0.224 e. The smallest absolute Gasteiger partial charge is 0.224 e. The van der Waals surface area contributed by atoms with Gasteiger partial charge in [0.05, 0.1) is 0 Å². The van der Waals surface area contributed by atoms with E-state index in [1.54, 1.807) is 48.5 Å². The fraction of sp³-hybridized carbons (Fsp3) is 0.263. The van der Waals surface area contributed by atoms with Gasteiger partial charge in [0.15, 0.2) is 0 Å². The number of halogens is 2. The summed E-state index contributed by atoms with van der Waals surface area (Å²) in [6.45, 7) is 1.96. The molecule has 0 aliphatic heterocycles. The van der Waals surface area contributed by atoms with Crippen LogP contribution in [0, 0.1) is 5.92 Å². The monoisotopic (exact) mass is 378 g/mol. The molecule has 25 heavy (non-hydrogen) atoms. The van der Waals surface area contributed by atoms with Gasteiger partial charge in [0.2, 0.25) is 11.8 Å². The maximum atomic E-state index is 12.0. The van der Waals surface area contributed by atoms with E-state index in [0.717, 1.165) is 0 Å². The van der Waals surface area contributed by atoms with Crippen LogP contribution in [0.1, 0.15) is 26.2 Å². The third kappa shape index (κ3) is 7.16. The Bertz CT molecular complexity index is 715. The lowest BCUT2D eigenvalue weighted by Crippen LogP contribution is -2.17. The SMILES string of the molecule is C[C@@H](CCC(=O)Nc1ccc(Cl)cc1)CC(=O)Nc1ccc(Cl)cc1. The minimum Gasteiger partial charge on any atom is -0.326 e. The van der Waals surface area contributed by atoms with Crippen LogP contribution in [0.2, 0.25) is 10.0 Å². The van der Waals surface area contributed by atoms with E-state index in [1.165, 1.54) is 0 Å². The van der Waals surface area contributed by atoms with Crippen molar-refractivity contribution in [3.05, 3.63) is 58.6 Å². The van der Waals surface area contributed by atoms with E-state index in [-0.39, 0.29) is 17.7 Å². The second-order valence-corrected chi connectivity index (χ2v) is 6.83. The number of benzene rings is 2. The lowest BCUT2D eigenvalue weighted by atomic mass is 10.0. The molecule has 0 saturated heterocycles. The number of amides is 2. The van der Waals surface area contributed by atoms with E-state index in [9.17, 15) is 9.59 Å². The van der Waals surface area contributed by atoms with E-state index in [2.05, 4.69) is 10.6 Å². The lowest BCUT2D eigenvalue weighted by molar-refractivity contribution is -0.118. The van der Waals surface area contributed by atoms with Gasteiger partial charge < -0.3 is 10.6 Å². The van der Waals surface area contributed by atoms with E-state index in [0.29, 0.717) is 40.7 Å². The van der Waals surface area contributed by atoms with Gasteiger partial charge in [0, 0.05) is 34.3 Å². The lowest BCUT2D eigenvalue weighted by Gasteiger charge is -2.12. The number of nitrogens with one attached hydrogen (secondary N) is 2. The minimum absolute atomic E-state index is 0.0760.